The molecule has 3 fully saturated rings. The Morgan fingerprint density at radius 2 is 1.91 bits per heavy atom. The van der Waals surface area contributed by atoms with Gasteiger partial charge in [-0.25, -0.2) is 22.8 Å². The minimum absolute atomic E-state index is 0.0195. The molecule has 248 valence electrons. The topological polar surface area (TPSA) is 120 Å². The quantitative estimate of drug-likeness (QED) is 0.320. The molecular formula is C34H37F3O8S. The van der Waals surface area contributed by atoms with Gasteiger partial charge in [-0.3, -0.25) is 9.59 Å². The van der Waals surface area contributed by atoms with Gasteiger partial charge in [0.1, 0.15) is 6.17 Å². The summed E-state index contributed by atoms with van der Waals surface area (Å²) in [6.45, 7) is 6.56. The summed E-state index contributed by atoms with van der Waals surface area (Å²) in [7, 11) is 0. The van der Waals surface area contributed by atoms with Crippen molar-refractivity contribution in [2.24, 2.45) is 28.6 Å². The van der Waals surface area contributed by atoms with Gasteiger partial charge in [0.15, 0.2) is 23.7 Å². The maximum Gasteiger partial charge on any atom is 0.375 e. The highest BCUT2D eigenvalue weighted by atomic mass is 32.2. The van der Waals surface area contributed by atoms with Crippen LogP contribution in [0.15, 0.2) is 46.6 Å². The monoisotopic (exact) mass is 662 g/mol. The summed E-state index contributed by atoms with van der Waals surface area (Å²) in [5, 5.41) is 11.1. The van der Waals surface area contributed by atoms with Gasteiger partial charge in [-0.15, -0.1) is 0 Å². The zero-order chi connectivity index (χ0) is 33.9. The lowest BCUT2D eigenvalue weighted by Gasteiger charge is -2.63. The summed E-state index contributed by atoms with van der Waals surface area (Å²) < 4.78 is 63.3. The fraction of sp³-hybridized carbons (Fsp3) is 0.588. The number of carbonyl (C=O) groups excluding carboxylic acids is 4. The minimum atomic E-state index is -2.38. The fourth-order valence-corrected chi connectivity index (χ4v) is 9.39. The van der Waals surface area contributed by atoms with Gasteiger partial charge < -0.3 is 19.0 Å². The summed E-state index contributed by atoms with van der Waals surface area (Å²) in [6.07, 6.45) is 1.08. The zero-order valence-corrected chi connectivity index (χ0v) is 27.0. The molecule has 0 bridgehead atoms. The molecule has 0 radical (unpaired) electrons. The van der Waals surface area contributed by atoms with Crippen molar-refractivity contribution in [2.75, 3.05) is 12.4 Å². The van der Waals surface area contributed by atoms with Crippen molar-refractivity contribution >= 4 is 34.6 Å². The van der Waals surface area contributed by atoms with Gasteiger partial charge in [-0.2, -0.15) is 0 Å². The van der Waals surface area contributed by atoms with Crippen molar-refractivity contribution in [3.05, 3.63) is 48.0 Å². The van der Waals surface area contributed by atoms with Crippen molar-refractivity contribution in [1.29, 1.82) is 0 Å². The first-order valence-corrected chi connectivity index (χ1v) is 16.1. The number of aliphatic hydroxyl groups excluding tert-OH is 1. The van der Waals surface area contributed by atoms with E-state index in [1.807, 2.05) is 0 Å². The molecule has 1 aromatic rings. The Bertz CT molecular complexity index is 1550. The van der Waals surface area contributed by atoms with Crippen LogP contribution in [0.2, 0.25) is 0 Å². The van der Waals surface area contributed by atoms with Gasteiger partial charge in [0, 0.05) is 22.7 Å². The van der Waals surface area contributed by atoms with Crippen LogP contribution in [0.1, 0.15) is 64.4 Å². The third-order valence-corrected chi connectivity index (χ3v) is 11.5. The lowest BCUT2D eigenvalue weighted by atomic mass is 9.44. The molecule has 0 saturated heterocycles. The summed E-state index contributed by atoms with van der Waals surface area (Å²) in [5.74, 6) is 0.00632. The van der Waals surface area contributed by atoms with Crippen LogP contribution in [0.5, 0.6) is 0 Å². The van der Waals surface area contributed by atoms with Gasteiger partial charge in [0.25, 0.3) is 0 Å². The molecule has 0 amide bonds. The molecule has 5 rings (SSSR count). The van der Waals surface area contributed by atoms with E-state index in [4.69, 9.17) is 13.9 Å². The summed E-state index contributed by atoms with van der Waals surface area (Å²) in [5.41, 5.74) is -9.45. The second-order valence-electron chi connectivity index (χ2n) is 13.6. The molecule has 0 aliphatic heterocycles. The van der Waals surface area contributed by atoms with Crippen molar-refractivity contribution in [3.63, 3.8) is 0 Å². The van der Waals surface area contributed by atoms with Gasteiger partial charge >= 0.3 is 11.9 Å². The Hall–Kier alpha value is -3.30. The molecule has 1 N–H and O–H groups in total. The first-order valence-electron chi connectivity index (χ1n) is 15.2. The van der Waals surface area contributed by atoms with Gasteiger partial charge in [-0.1, -0.05) is 43.5 Å². The van der Waals surface area contributed by atoms with Crippen LogP contribution in [0.3, 0.4) is 0 Å². The third-order valence-electron chi connectivity index (χ3n) is 10.6. The van der Waals surface area contributed by atoms with E-state index in [2.05, 4.69) is 11.8 Å². The van der Waals surface area contributed by atoms with Crippen molar-refractivity contribution in [3.8, 4) is 11.8 Å². The molecule has 4 aliphatic rings. The lowest BCUT2D eigenvalue weighted by Crippen LogP contribution is -2.70. The number of allylic oxidation sites excluding steroid dienone is 4. The molecule has 0 unspecified atom stereocenters. The largest absolute Gasteiger partial charge is 0.457 e. The zero-order valence-electron chi connectivity index (χ0n) is 26.2. The number of halogens is 3. The van der Waals surface area contributed by atoms with E-state index >= 15 is 8.78 Å². The number of esters is 2. The fourth-order valence-electron chi connectivity index (χ4n) is 8.39. The molecular weight excluding hydrogens is 625 g/mol. The first-order chi connectivity index (χ1) is 21.4. The van der Waals surface area contributed by atoms with Crippen LogP contribution in [0.25, 0.3) is 0 Å². The summed E-state index contributed by atoms with van der Waals surface area (Å²) in [6, 6.07) is 2.86. The highest BCUT2D eigenvalue weighted by Crippen LogP contribution is 2.72. The number of carbonyl (C=O) groups is 4. The van der Waals surface area contributed by atoms with Crippen LogP contribution in [-0.2, 0) is 23.9 Å². The van der Waals surface area contributed by atoms with E-state index < -0.39 is 87.2 Å². The van der Waals surface area contributed by atoms with Crippen LogP contribution in [0, 0.1) is 40.4 Å². The Balaban J connectivity index is 1.49. The number of thioether (sulfide) groups is 1. The normalized spacial score (nSPS) is 38.0. The van der Waals surface area contributed by atoms with E-state index in [0.29, 0.717) is 0 Å². The molecule has 9 atom stereocenters. The molecule has 8 nitrogen and oxygen atoms in total. The number of fused-ring (bicyclic) bond motifs is 5. The number of rotatable bonds is 6. The molecule has 1 heterocycles. The number of alkyl halides is 3. The molecule has 3 saturated carbocycles. The van der Waals surface area contributed by atoms with E-state index in [1.54, 1.807) is 13.8 Å². The first kappa shape index (κ1) is 34.0. The number of hydrogen-bond donors (Lipinski definition) is 1. The second-order valence-corrected chi connectivity index (χ2v) is 14.5. The van der Waals surface area contributed by atoms with E-state index in [9.17, 15) is 28.7 Å². The highest BCUT2D eigenvalue weighted by molar-refractivity contribution is 8.14. The predicted molar refractivity (Wildman–Crippen MR) is 161 cm³/mol. The second kappa shape index (κ2) is 11.7. The van der Waals surface area contributed by atoms with E-state index in [-0.39, 0.29) is 36.3 Å². The Labute approximate surface area is 269 Å². The number of ketones is 1. The molecule has 12 heteroatoms. The van der Waals surface area contributed by atoms with E-state index in [0.717, 1.165) is 31.7 Å². The average molecular weight is 663 g/mol. The molecule has 0 spiro atoms. The van der Waals surface area contributed by atoms with Gasteiger partial charge in [0.05, 0.1) is 18.1 Å². The highest BCUT2D eigenvalue weighted by Gasteiger charge is 2.78. The van der Waals surface area contributed by atoms with Gasteiger partial charge in [0.2, 0.25) is 16.5 Å². The number of aliphatic hydroxyl groups is 1. The summed E-state index contributed by atoms with van der Waals surface area (Å²) >= 11 is 0.740. The lowest BCUT2D eigenvalue weighted by molar-refractivity contribution is -0.221. The van der Waals surface area contributed by atoms with Crippen LogP contribution >= 0.6 is 11.8 Å². The maximum absolute atomic E-state index is 17.6. The number of ether oxygens (including phenoxy) is 2. The Kier molecular flexibility index (Phi) is 8.69. The van der Waals surface area contributed by atoms with Crippen molar-refractivity contribution in [1.82, 2.24) is 0 Å². The molecule has 46 heavy (non-hydrogen) atoms. The summed E-state index contributed by atoms with van der Waals surface area (Å²) in [4.78, 5) is 51.5. The molecule has 1 aromatic heterocycles. The Morgan fingerprint density at radius 3 is 2.57 bits per heavy atom. The molecule has 0 aromatic carbocycles. The van der Waals surface area contributed by atoms with E-state index in [1.165, 1.54) is 37.5 Å². The minimum Gasteiger partial charge on any atom is -0.457 e. The molecule has 4 aliphatic carbocycles. The van der Waals surface area contributed by atoms with Gasteiger partial charge in [-0.05, 0) is 75.8 Å². The maximum atomic E-state index is 17.6. The van der Waals surface area contributed by atoms with Crippen LogP contribution in [-0.4, -0.2) is 69.5 Å². The van der Waals surface area contributed by atoms with Crippen molar-refractivity contribution in [2.45, 2.75) is 83.1 Å². The smallest absolute Gasteiger partial charge is 0.375 e. The predicted octanol–water partition coefficient (Wildman–Crippen LogP) is 5.29. The average Bonchev–Trinajstić information content (AvgIpc) is 3.59. The van der Waals surface area contributed by atoms with Crippen LogP contribution < -0.4 is 0 Å². The number of furan rings is 1. The number of hydrogen-bond acceptors (Lipinski definition) is 9. The standard InChI is InChI=1S/C34H37F3O8S/c1-19-15-21-22-17-24(35)23-16-20(38)10-11-31(23,4)33(22,37)26(39)18-32(21,5)34(19,45-27(40)25-9-8-13-43-25)29(42)46-14-7-6-12-44-28(41)30(2,3)36/h8-11,13,16,19,21-22,24,26,39H,12,14-15,17-18H2,1-5H3/t19-,21+,22+,24+,26+,31+,32+,33+,34+/m1/s1. The third kappa shape index (κ3) is 5.05. The van der Waals surface area contributed by atoms with Crippen molar-refractivity contribution < 1.29 is 51.3 Å². The SMILES string of the molecule is C[C@@H]1C[C@H]2[C@@H]3C[C@H](F)C4=CC(=O)C=C[C@]4(C)[C@@]3(F)[C@@H](O)C[C@]2(C)[C@@]1(OC(=O)c1ccco1)C(=O)SCC#CCOC(=O)C(C)(C)F. The van der Waals surface area contributed by atoms with Crippen LogP contribution in [0.4, 0.5) is 13.2 Å². The Morgan fingerprint density at radius 1 is 1.20 bits per heavy atom.